The lowest BCUT2D eigenvalue weighted by Gasteiger charge is -2.38. The van der Waals surface area contributed by atoms with E-state index in [4.69, 9.17) is 4.74 Å². The molecule has 34 heavy (non-hydrogen) atoms. The number of halogens is 1. The lowest BCUT2D eigenvalue weighted by molar-refractivity contribution is -0.172. The van der Waals surface area contributed by atoms with E-state index in [1.807, 2.05) is 31.2 Å². The molecule has 0 saturated carbocycles. The van der Waals surface area contributed by atoms with Crippen molar-refractivity contribution in [3.63, 3.8) is 0 Å². The standard InChI is InChI=1S/C27H33FO5S/c1-16-5-8-20(27(3,33-4)26(32)25(31)24(30)17(2)15-29)13-19(16)14-22-11-12-23(34-22)18-6-9-21(28)10-7-18/h5-13,17,24-26,29-32H,14-15H2,1-4H3/t17?,24-,25?,26-,27?/m1/s1. The second-order valence-electron chi connectivity index (χ2n) is 8.99. The lowest BCUT2D eigenvalue weighted by atomic mass is 9.82. The summed E-state index contributed by atoms with van der Waals surface area (Å²) in [6, 6.07) is 16.2. The molecule has 0 aliphatic heterocycles. The smallest absolute Gasteiger partial charge is 0.123 e. The van der Waals surface area contributed by atoms with Gasteiger partial charge in [-0.2, -0.15) is 0 Å². The first kappa shape index (κ1) is 26.5. The second-order valence-corrected chi connectivity index (χ2v) is 10.2. The van der Waals surface area contributed by atoms with Crippen LogP contribution in [-0.2, 0) is 16.8 Å². The summed E-state index contributed by atoms with van der Waals surface area (Å²) < 4.78 is 18.9. The Bertz CT molecular complexity index is 1080. The van der Waals surface area contributed by atoms with E-state index in [1.54, 1.807) is 37.3 Å². The molecular formula is C27H33FO5S. The maximum Gasteiger partial charge on any atom is 0.123 e. The Hall–Kier alpha value is -2.13. The van der Waals surface area contributed by atoms with Crippen LogP contribution in [0.1, 0.15) is 35.4 Å². The number of aryl methyl sites for hydroxylation is 1. The molecule has 0 fully saturated rings. The minimum atomic E-state index is -1.51. The summed E-state index contributed by atoms with van der Waals surface area (Å²) in [5, 5.41) is 41.2. The van der Waals surface area contributed by atoms with Crippen molar-refractivity contribution in [3.05, 3.63) is 82.0 Å². The van der Waals surface area contributed by atoms with Gasteiger partial charge in [0.25, 0.3) is 0 Å². The summed E-state index contributed by atoms with van der Waals surface area (Å²) in [6.45, 7) is 4.96. The number of hydrogen-bond donors (Lipinski definition) is 4. The Morgan fingerprint density at radius 2 is 1.68 bits per heavy atom. The summed E-state index contributed by atoms with van der Waals surface area (Å²) in [5.41, 5.74) is 2.46. The van der Waals surface area contributed by atoms with Crippen LogP contribution >= 0.6 is 11.3 Å². The topological polar surface area (TPSA) is 90.2 Å². The van der Waals surface area contributed by atoms with Crippen molar-refractivity contribution in [1.82, 2.24) is 0 Å². The Kier molecular flexibility index (Phi) is 8.62. The largest absolute Gasteiger partial charge is 0.396 e. The third kappa shape index (κ3) is 5.57. The fraction of sp³-hybridized carbons (Fsp3) is 0.407. The average Bonchev–Trinajstić information content (AvgIpc) is 3.31. The molecule has 1 heterocycles. The van der Waals surface area contributed by atoms with E-state index in [1.165, 1.54) is 19.2 Å². The monoisotopic (exact) mass is 488 g/mol. The SMILES string of the molecule is COC(C)(c1ccc(C)c(Cc2ccc(-c3ccc(F)cc3)s2)c1)[C@H](O)C(O)[C@H](O)C(C)CO. The number of methoxy groups -OCH3 is 1. The third-order valence-electron chi connectivity index (χ3n) is 6.61. The molecule has 7 heteroatoms. The molecule has 184 valence electrons. The predicted molar refractivity (Wildman–Crippen MR) is 132 cm³/mol. The van der Waals surface area contributed by atoms with Gasteiger partial charge in [0.2, 0.25) is 0 Å². The van der Waals surface area contributed by atoms with Crippen LogP contribution in [0.3, 0.4) is 0 Å². The van der Waals surface area contributed by atoms with Gasteiger partial charge in [0.05, 0.1) is 6.10 Å². The fourth-order valence-corrected chi connectivity index (χ4v) is 5.00. The first-order chi connectivity index (χ1) is 16.1. The van der Waals surface area contributed by atoms with Crippen LogP contribution in [0, 0.1) is 18.7 Å². The van der Waals surface area contributed by atoms with Crippen molar-refractivity contribution in [2.45, 2.75) is 51.1 Å². The number of ether oxygens (including phenoxy) is 1. The predicted octanol–water partition coefficient (Wildman–Crippen LogP) is 4.03. The van der Waals surface area contributed by atoms with Gasteiger partial charge in [-0.25, -0.2) is 4.39 Å². The molecule has 0 aliphatic rings. The Balaban J connectivity index is 1.86. The van der Waals surface area contributed by atoms with E-state index in [0.29, 0.717) is 12.0 Å². The first-order valence-electron chi connectivity index (χ1n) is 11.3. The van der Waals surface area contributed by atoms with Gasteiger partial charge in [-0.15, -0.1) is 11.3 Å². The fourth-order valence-electron chi connectivity index (χ4n) is 3.97. The highest BCUT2D eigenvalue weighted by atomic mass is 32.1. The van der Waals surface area contributed by atoms with Gasteiger partial charge in [-0.05, 0) is 60.4 Å². The zero-order chi connectivity index (χ0) is 25.0. The zero-order valence-electron chi connectivity index (χ0n) is 19.9. The summed E-state index contributed by atoms with van der Waals surface area (Å²) in [4.78, 5) is 2.18. The molecule has 0 amide bonds. The molecule has 0 spiro atoms. The van der Waals surface area contributed by atoms with Crippen LogP contribution in [0.25, 0.3) is 10.4 Å². The molecule has 5 nitrogen and oxygen atoms in total. The van der Waals surface area contributed by atoms with E-state index < -0.39 is 29.8 Å². The normalized spacial score (nSPS) is 17.1. The van der Waals surface area contributed by atoms with Crippen LogP contribution in [0.4, 0.5) is 4.39 Å². The minimum absolute atomic E-state index is 0.264. The molecule has 3 rings (SSSR count). The van der Waals surface area contributed by atoms with E-state index in [2.05, 4.69) is 6.07 Å². The van der Waals surface area contributed by atoms with E-state index in [9.17, 15) is 24.8 Å². The highest BCUT2D eigenvalue weighted by Crippen LogP contribution is 2.35. The first-order valence-corrected chi connectivity index (χ1v) is 12.1. The number of aliphatic hydroxyl groups excluding tert-OH is 4. The molecule has 3 aromatic rings. The van der Waals surface area contributed by atoms with Crippen molar-refractivity contribution >= 4 is 11.3 Å². The zero-order valence-corrected chi connectivity index (χ0v) is 20.7. The van der Waals surface area contributed by atoms with Gasteiger partial charge in [0, 0.05) is 35.8 Å². The molecule has 0 radical (unpaired) electrons. The maximum absolute atomic E-state index is 13.2. The van der Waals surface area contributed by atoms with Crippen LogP contribution in [0.15, 0.2) is 54.6 Å². The third-order valence-corrected chi connectivity index (χ3v) is 7.74. The molecule has 0 saturated heterocycles. The van der Waals surface area contributed by atoms with Crippen LogP contribution in [0.2, 0.25) is 0 Å². The number of benzene rings is 2. The molecule has 3 unspecified atom stereocenters. The summed E-state index contributed by atoms with van der Waals surface area (Å²) in [6.07, 6.45) is -3.58. The van der Waals surface area contributed by atoms with Crippen molar-refractivity contribution in [1.29, 1.82) is 0 Å². The molecule has 4 N–H and O–H groups in total. The molecular weight excluding hydrogens is 455 g/mol. The maximum atomic E-state index is 13.2. The van der Waals surface area contributed by atoms with Gasteiger partial charge < -0.3 is 25.2 Å². The second kappa shape index (κ2) is 11.1. The van der Waals surface area contributed by atoms with E-state index in [0.717, 1.165) is 26.4 Å². The number of rotatable bonds is 10. The van der Waals surface area contributed by atoms with E-state index >= 15 is 0 Å². The average molecular weight is 489 g/mol. The van der Waals surface area contributed by atoms with Crippen LogP contribution in [0.5, 0.6) is 0 Å². The summed E-state index contributed by atoms with van der Waals surface area (Å²) in [5.74, 6) is -0.867. The molecule has 0 bridgehead atoms. The van der Waals surface area contributed by atoms with Gasteiger partial charge >= 0.3 is 0 Å². The summed E-state index contributed by atoms with van der Waals surface area (Å²) >= 11 is 1.64. The molecule has 0 aliphatic carbocycles. The quantitative estimate of drug-likeness (QED) is 0.346. The van der Waals surface area contributed by atoms with E-state index in [-0.39, 0.29) is 12.4 Å². The van der Waals surface area contributed by atoms with Gasteiger partial charge in [0.1, 0.15) is 23.6 Å². The Morgan fingerprint density at radius 3 is 2.29 bits per heavy atom. The van der Waals surface area contributed by atoms with Crippen LogP contribution < -0.4 is 0 Å². The number of aliphatic hydroxyl groups is 4. The minimum Gasteiger partial charge on any atom is -0.396 e. The highest BCUT2D eigenvalue weighted by molar-refractivity contribution is 7.15. The highest BCUT2D eigenvalue weighted by Gasteiger charge is 2.43. The number of thiophene rings is 1. The Morgan fingerprint density at radius 1 is 1.00 bits per heavy atom. The lowest BCUT2D eigenvalue weighted by Crippen LogP contribution is -2.52. The summed E-state index contributed by atoms with van der Waals surface area (Å²) in [7, 11) is 1.45. The molecule has 5 atom stereocenters. The van der Waals surface area contributed by atoms with Crippen molar-refractivity contribution in [2.75, 3.05) is 13.7 Å². The molecule has 1 aromatic heterocycles. The van der Waals surface area contributed by atoms with Crippen molar-refractivity contribution < 1.29 is 29.6 Å². The van der Waals surface area contributed by atoms with Crippen LogP contribution in [-0.4, -0.2) is 52.5 Å². The molecule has 2 aromatic carbocycles. The van der Waals surface area contributed by atoms with Crippen molar-refractivity contribution in [2.24, 2.45) is 5.92 Å². The van der Waals surface area contributed by atoms with Gasteiger partial charge in [-0.1, -0.05) is 37.3 Å². The Labute approximate surface area is 204 Å². The number of hydrogen-bond acceptors (Lipinski definition) is 6. The van der Waals surface area contributed by atoms with Gasteiger partial charge in [0.15, 0.2) is 0 Å². The van der Waals surface area contributed by atoms with Gasteiger partial charge in [-0.3, -0.25) is 0 Å². The van der Waals surface area contributed by atoms with Crippen molar-refractivity contribution in [3.8, 4) is 10.4 Å².